The maximum absolute atomic E-state index is 5.28. The molecule has 2 aromatic heterocycles. The normalized spacial score (nSPS) is 11.7. The zero-order valence-corrected chi connectivity index (χ0v) is 13.9. The average Bonchev–Trinajstić information content (AvgIpc) is 3.22. The van der Waals surface area contributed by atoms with Crippen LogP contribution in [0.5, 0.6) is 0 Å². The number of unbranched alkanes of at least 4 members (excludes halogenated alkanes) is 2. The maximum Gasteiger partial charge on any atom is 0.216 e. The van der Waals surface area contributed by atoms with Crippen molar-refractivity contribution >= 4 is 5.96 Å². The van der Waals surface area contributed by atoms with E-state index in [1.54, 1.807) is 6.26 Å². The van der Waals surface area contributed by atoms with Crippen molar-refractivity contribution in [2.24, 2.45) is 4.99 Å². The van der Waals surface area contributed by atoms with Gasteiger partial charge in [-0.1, -0.05) is 19.8 Å². The van der Waals surface area contributed by atoms with Crippen LogP contribution in [0.3, 0.4) is 0 Å². The van der Waals surface area contributed by atoms with E-state index in [4.69, 9.17) is 4.42 Å². The van der Waals surface area contributed by atoms with Gasteiger partial charge in [0.15, 0.2) is 11.7 Å². The van der Waals surface area contributed by atoms with Crippen molar-refractivity contribution in [1.29, 1.82) is 0 Å². The molecule has 7 nitrogen and oxygen atoms in total. The molecule has 0 bridgehead atoms. The van der Waals surface area contributed by atoms with Gasteiger partial charge in [-0.05, 0) is 25.5 Å². The lowest BCUT2D eigenvalue weighted by atomic mass is 10.2. The molecule has 0 aliphatic heterocycles. The van der Waals surface area contributed by atoms with Crippen molar-refractivity contribution in [3.63, 3.8) is 0 Å². The van der Waals surface area contributed by atoms with Crippen LogP contribution in [0.1, 0.15) is 38.9 Å². The molecule has 2 aromatic rings. The lowest BCUT2D eigenvalue weighted by Crippen LogP contribution is -2.38. The van der Waals surface area contributed by atoms with Gasteiger partial charge in [-0.15, -0.1) is 0 Å². The molecule has 7 heteroatoms. The molecule has 0 saturated carbocycles. The fourth-order valence-corrected chi connectivity index (χ4v) is 2.12. The zero-order valence-electron chi connectivity index (χ0n) is 13.9. The number of furan rings is 1. The van der Waals surface area contributed by atoms with Gasteiger partial charge in [-0.2, -0.15) is 5.10 Å². The first-order valence-electron chi connectivity index (χ1n) is 8.30. The van der Waals surface area contributed by atoms with Crippen LogP contribution in [-0.4, -0.2) is 40.8 Å². The number of aromatic nitrogens is 3. The quantitative estimate of drug-likeness (QED) is 0.375. The molecule has 0 aliphatic rings. The van der Waals surface area contributed by atoms with E-state index in [2.05, 4.69) is 44.7 Å². The SMILES string of the molecule is CCCCCN=C(NCC)NCCc1nc(-c2ccco2)n[nH]1. The summed E-state index contributed by atoms with van der Waals surface area (Å²) in [5, 5.41) is 13.7. The monoisotopic (exact) mass is 318 g/mol. The van der Waals surface area contributed by atoms with Crippen LogP contribution in [0.15, 0.2) is 27.8 Å². The molecule has 3 N–H and O–H groups in total. The van der Waals surface area contributed by atoms with Crippen molar-refractivity contribution in [1.82, 2.24) is 25.8 Å². The Morgan fingerprint density at radius 2 is 2.22 bits per heavy atom. The molecule has 0 atom stereocenters. The van der Waals surface area contributed by atoms with Crippen molar-refractivity contribution < 1.29 is 4.42 Å². The van der Waals surface area contributed by atoms with Gasteiger partial charge in [0, 0.05) is 26.1 Å². The summed E-state index contributed by atoms with van der Waals surface area (Å²) in [6, 6.07) is 3.67. The number of hydrogen-bond donors (Lipinski definition) is 3. The first kappa shape index (κ1) is 17.1. The molecule has 0 fully saturated rings. The minimum absolute atomic E-state index is 0.588. The molecule has 0 saturated heterocycles. The summed E-state index contributed by atoms with van der Waals surface area (Å²) in [7, 11) is 0. The third-order valence-electron chi connectivity index (χ3n) is 3.30. The van der Waals surface area contributed by atoms with Gasteiger partial charge in [0.2, 0.25) is 5.82 Å². The Kier molecular flexibility index (Phi) is 7.16. The van der Waals surface area contributed by atoms with Crippen LogP contribution in [0.2, 0.25) is 0 Å². The Hall–Kier alpha value is -2.31. The summed E-state index contributed by atoms with van der Waals surface area (Å²) in [6.45, 7) is 6.71. The molecule has 23 heavy (non-hydrogen) atoms. The molecule has 2 rings (SSSR count). The average molecular weight is 318 g/mol. The highest BCUT2D eigenvalue weighted by atomic mass is 16.3. The van der Waals surface area contributed by atoms with E-state index in [1.807, 2.05) is 12.1 Å². The van der Waals surface area contributed by atoms with E-state index >= 15 is 0 Å². The third kappa shape index (κ3) is 5.77. The molecular weight excluding hydrogens is 292 g/mol. The lowest BCUT2D eigenvalue weighted by molar-refractivity contribution is 0.577. The number of aliphatic imine (C=N–C) groups is 1. The Balaban J connectivity index is 1.77. The molecule has 0 unspecified atom stereocenters. The smallest absolute Gasteiger partial charge is 0.216 e. The van der Waals surface area contributed by atoms with Crippen LogP contribution in [-0.2, 0) is 6.42 Å². The third-order valence-corrected chi connectivity index (χ3v) is 3.30. The van der Waals surface area contributed by atoms with Crippen LogP contribution in [0.25, 0.3) is 11.6 Å². The van der Waals surface area contributed by atoms with Gasteiger partial charge >= 0.3 is 0 Å². The van der Waals surface area contributed by atoms with Gasteiger partial charge < -0.3 is 15.1 Å². The van der Waals surface area contributed by atoms with Gasteiger partial charge in [0.05, 0.1) is 6.26 Å². The highest BCUT2D eigenvalue weighted by Crippen LogP contribution is 2.14. The fourth-order valence-electron chi connectivity index (χ4n) is 2.12. The van der Waals surface area contributed by atoms with Gasteiger partial charge in [0.25, 0.3) is 0 Å². The summed E-state index contributed by atoms with van der Waals surface area (Å²) in [5.74, 6) is 2.94. The highest BCUT2D eigenvalue weighted by molar-refractivity contribution is 5.79. The molecule has 0 radical (unpaired) electrons. The second-order valence-electron chi connectivity index (χ2n) is 5.23. The minimum atomic E-state index is 0.588. The largest absolute Gasteiger partial charge is 0.461 e. The van der Waals surface area contributed by atoms with Crippen molar-refractivity contribution in [2.75, 3.05) is 19.6 Å². The van der Waals surface area contributed by atoms with Crippen molar-refractivity contribution in [3.05, 3.63) is 24.2 Å². The Labute approximate surface area is 137 Å². The Bertz CT molecular complexity index is 575. The number of guanidine groups is 1. The number of nitrogens with one attached hydrogen (secondary N) is 3. The molecular formula is C16H26N6O. The van der Waals surface area contributed by atoms with Crippen LogP contribution in [0.4, 0.5) is 0 Å². The number of rotatable bonds is 9. The predicted octanol–water partition coefficient (Wildman–Crippen LogP) is 2.35. The first-order chi connectivity index (χ1) is 11.3. The van der Waals surface area contributed by atoms with E-state index in [-0.39, 0.29) is 0 Å². The van der Waals surface area contributed by atoms with E-state index in [0.29, 0.717) is 11.6 Å². The summed E-state index contributed by atoms with van der Waals surface area (Å²) >= 11 is 0. The number of H-pyrrole nitrogens is 1. The first-order valence-corrected chi connectivity index (χ1v) is 8.30. The van der Waals surface area contributed by atoms with Crippen LogP contribution in [0, 0.1) is 0 Å². The van der Waals surface area contributed by atoms with Gasteiger partial charge in [-0.25, -0.2) is 4.98 Å². The number of nitrogens with zero attached hydrogens (tertiary/aromatic N) is 3. The van der Waals surface area contributed by atoms with Crippen molar-refractivity contribution in [3.8, 4) is 11.6 Å². The minimum Gasteiger partial charge on any atom is -0.461 e. The molecule has 0 spiro atoms. The molecule has 2 heterocycles. The summed E-state index contributed by atoms with van der Waals surface area (Å²) in [5.41, 5.74) is 0. The summed E-state index contributed by atoms with van der Waals surface area (Å²) in [4.78, 5) is 8.98. The molecule has 126 valence electrons. The second-order valence-corrected chi connectivity index (χ2v) is 5.23. The van der Waals surface area contributed by atoms with Crippen LogP contribution >= 0.6 is 0 Å². The molecule has 0 aromatic carbocycles. The molecule has 0 amide bonds. The highest BCUT2D eigenvalue weighted by Gasteiger charge is 2.08. The van der Waals surface area contributed by atoms with Gasteiger partial charge in [-0.3, -0.25) is 10.1 Å². The predicted molar refractivity (Wildman–Crippen MR) is 91.3 cm³/mol. The summed E-state index contributed by atoms with van der Waals surface area (Å²) < 4.78 is 5.28. The van der Waals surface area contributed by atoms with E-state index in [1.165, 1.54) is 12.8 Å². The van der Waals surface area contributed by atoms with E-state index < -0.39 is 0 Å². The zero-order chi connectivity index (χ0) is 16.3. The maximum atomic E-state index is 5.28. The Morgan fingerprint density at radius 1 is 1.30 bits per heavy atom. The van der Waals surface area contributed by atoms with E-state index in [0.717, 1.165) is 44.3 Å². The van der Waals surface area contributed by atoms with Crippen molar-refractivity contribution in [2.45, 2.75) is 39.5 Å². The molecule has 0 aliphatic carbocycles. The second kappa shape index (κ2) is 9.66. The number of aromatic amines is 1. The standard InChI is InChI=1S/C16H26N6O/c1-3-5-6-10-18-16(17-4-2)19-11-9-14-20-15(22-21-14)13-8-7-12-23-13/h7-8,12H,3-6,9-11H2,1-2H3,(H2,17,18,19)(H,20,21,22). The summed E-state index contributed by atoms with van der Waals surface area (Å²) in [6.07, 6.45) is 5.92. The Morgan fingerprint density at radius 3 is 2.96 bits per heavy atom. The fraction of sp³-hybridized carbons (Fsp3) is 0.562. The number of hydrogen-bond acceptors (Lipinski definition) is 4. The van der Waals surface area contributed by atoms with E-state index in [9.17, 15) is 0 Å². The van der Waals surface area contributed by atoms with Gasteiger partial charge in [0.1, 0.15) is 5.82 Å². The topological polar surface area (TPSA) is 91.1 Å². The van der Waals surface area contributed by atoms with Crippen LogP contribution < -0.4 is 10.6 Å². The lowest BCUT2D eigenvalue weighted by Gasteiger charge is -2.10.